The van der Waals surface area contributed by atoms with E-state index in [9.17, 15) is 0 Å². The van der Waals surface area contributed by atoms with Gasteiger partial charge in [0, 0.05) is 55.3 Å². The van der Waals surface area contributed by atoms with Gasteiger partial charge in [0.15, 0.2) is 5.96 Å². The molecule has 1 unspecified atom stereocenters. The summed E-state index contributed by atoms with van der Waals surface area (Å²) in [6, 6.07) is 6.40. The lowest BCUT2D eigenvalue weighted by atomic mass is 10.2. The summed E-state index contributed by atoms with van der Waals surface area (Å²) in [6.45, 7) is 5.73. The van der Waals surface area contributed by atoms with Gasteiger partial charge in [0.2, 0.25) is 0 Å². The van der Waals surface area contributed by atoms with E-state index in [0.29, 0.717) is 6.04 Å². The minimum absolute atomic E-state index is 0.379. The van der Waals surface area contributed by atoms with Gasteiger partial charge in [-0.3, -0.25) is 4.99 Å². The number of ether oxygens (including phenoxy) is 2. The third-order valence-corrected chi connectivity index (χ3v) is 4.73. The predicted octanol–water partition coefficient (Wildman–Crippen LogP) is 2.20. The second kappa shape index (κ2) is 10.3. The second-order valence-corrected chi connectivity index (χ2v) is 6.89. The molecule has 0 spiro atoms. The van der Waals surface area contributed by atoms with Gasteiger partial charge in [-0.15, -0.1) is 0 Å². The van der Waals surface area contributed by atoms with E-state index in [1.807, 2.05) is 17.8 Å². The molecule has 2 N–H and O–H groups in total. The number of hydrogen-bond donors (Lipinski definition) is 2. The molecular weight excluding hydrogens is 336 g/mol. The summed E-state index contributed by atoms with van der Waals surface area (Å²) in [5, 5.41) is 6.89. The Balaban J connectivity index is 1.99. The maximum absolute atomic E-state index is 5.38. The normalized spacial score (nSPS) is 17.5. The highest BCUT2D eigenvalue weighted by molar-refractivity contribution is 7.98. The molecule has 2 rings (SSSR count). The van der Waals surface area contributed by atoms with Gasteiger partial charge >= 0.3 is 0 Å². The monoisotopic (exact) mass is 366 g/mol. The maximum atomic E-state index is 5.38. The summed E-state index contributed by atoms with van der Waals surface area (Å²) in [4.78, 5) is 6.99. The molecule has 1 atom stereocenters. The lowest BCUT2D eigenvalue weighted by Gasteiger charge is -2.21. The molecule has 1 aromatic rings. The van der Waals surface area contributed by atoms with E-state index in [-0.39, 0.29) is 0 Å². The Labute approximate surface area is 155 Å². The van der Waals surface area contributed by atoms with Crippen LogP contribution in [0.2, 0.25) is 0 Å². The van der Waals surface area contributed by atoms with E-state index < -0.39 is 0 Å². The molecule has 6 nitrogen and oxygen atoms in total. The van der Waals surface area contributed by atoms with Crippen molar-refractivity contribution in [2.45, 2.75) is 19.4 Å². The topological polar surface area (TPSA) is 58.1 Å². The Bertz CT molecular complexity index is 546. The zero-order valence-corrected chi connectivity index (χ0v) is 16.5. The van der Waals surface area contributed by atoms with Crippen LogP contribution in [0.4, 0.5) is 5.69 Å². The van der Waals surface area contributed by atoms with Crippen molar-refractivity contribution < 1.29 is 9.47 Å². The number of nitrogens with zero attached hydrogens (tertiary/aromatic N) is 2. The van der Waals surface area contributed by atoms with Crippen LogP contribution < -0.4 is 25.0 Å². The van der Waals surface area contributed by atoms with Crippen molar-refractivity contribution in [1.82, 2.24) is 10.6 Å². The Morgan fingerprint density at radius 1 is 1.28 bits per heavy atom. The minimum Gasteiger partial charge on any atom is -0.497 e. The molecule has 1 heterocycles. The van der Waals surface area contributed by atoms with Crippen LogP contribution in [-0.2, 0) is 0 Å². The first kappa shape index (κ1) is 19.6. The first-order valence-electron chi connectivity index (χ1n) is 8.72. The van der Waals surface area contributed by atoms with E-state index in [0.717, 1.165) is 61.5 Å². The predicted molar refractivity (Wildman–Crippen MR) is 108 cm³/mol. The lowest BCUT2D eigenvalue weighted by molar-refractivity contribution is 0.394. The summed E-state index contributed by atoms with van der Waals surface area (Å²) in [5.41, 5.74) is 1.13. The van der Waals surface area contributed by atoms with Crippen LogP contribution in [-0.4, -0.2) is 64.4 Å². The fraction of sp³-hybridized carbons (Fsp3) is 0.611. The largest absolute Gasteiger partial charge is 0.497 e. The van der Waals surface area contributed by atoms with Crippen LogP contribution in [0.25, 0.3) is 0 Å². The van der Waals surface area contributed by atoms with Crippen LogP contribution in [0.3, 0.4) is 0 Å². The maximum Gasteiger partial charge on any atom is 0.191 e. The molecule has 0 saturated carbocycles. The number of anilines is 1. The third kappa shape index (κ3) is 5.92. The molecular formula is C18H30N4O2S. The summed E-state index contributed by atoms with van der Waals surface area (Å²) < 4.78 is 10.8. The van der Waals surface area contributed by atoms with Gasteiger partial charge in [0.25, 0.3) is 0 Å². The molecule has 1 aromatic carbocycles. The average molecular weight is 367 g/mol. The summed E-state index contributed by atoms with van der Waals surface area (Å²) in [7, 11) is 3.36. The molecule has 25 heavy (non-hydrogen) atoms. The smallest absolute Gasteiger partial charge is 0.191 e. The van der Waals surface area contributed by atoms with Gasteiger partial charge in [-0.2, -0.15) is 11.8 Å². The highest BCUT2D eigenvalue weighted by Gasteiger charge is 2.24. The molecule has 1 saturated heterocycles. The number of guanidine groups is 1. The van der Waals surface area contributed by atoms with E-state index in [2.05, 4.69) is 45.8 Å². The summed E-state index contributed by atoms with van der Waals surface area (Å²) >= 11 is 1.81. The number of aliphatic imine (C=N–C) groups is 1. The van der Waals surface area contributed by atoms with Crippen molar-refractivity contribution in [2.75, 3.05) is 57.3 Å². The van der Waals surface area contributed by atoms with Crippen LogP contribution in [0, 0.1) is 0 Å². The number of thioether (sulfide) groups is 1. The fourth-order valence-electron chi connectivity index (χ4n) is 2.85. The van der Waals surface area contributed by atoms with Crippen LogP contribution in [0.5, 0.6) is 11.5 Å². The van der Waals surface area contributed by atoms with E-state index in [4.69, 9.17) is 9.47 Å². The molecule has 1 aliphatic heterocycles. The SMILES string of the molecule is CCNC(=NCCSC)NC1CCN(c2cc(OC)cc(OC)c2)C1. The molecule has 0 aliphatic carbocycles. The Morgan fingerprint density at radius 3 is 2.60 bits per heavy atom. The summed E-state index contributed by atoms with van der Waals surface area (Å²) in [5.74, 6) is 3.58. The van der Waals surface area contributed by atoms with Crippen LogP contribution in [0.15, 0.2) is 23.2 Å². The van der Waals surface area contributed by atoms with Crippen molar-refractivity contribution in [2.24, 2.45) is 4.99 Å². The highest BCUT2D eigenvalue weighted by Crippen LogP contribution is 2.30. The van der Waals surface area contributed by atoms with E-state index in [1.54, 1.807) is 14.2 Å². The van der Waals surface area contributed by atoms with Crippen LogP contribution >= 0.6 is 11.8 Å². The van der Waals surface area contributed by atoms with E-state index >= 15 is 0 Å². The Kier molecular flexibility index (Phi) is 8.04. The first-order valence-corrected chi connectivity index (χ1v) is 10.1. The number of rotatable bonds is 8. The van der Waals surface area contributed by atoms with Gasteiger partial charge in [0.05, 0.1) is 20.8 Å². The first-order chi connectivity index (χ1) is 12.2. The quantitative estimate of drug-likeness (QED) is 0.418. The molecule has 7 heteroatoms. The standard InChI is InChI=1S/C18H30N4O2S/c1-5-19-18(20-7-9-25-4)21-14-6-8-22(13-14)15-10-16(23-2)12-17(11-15)24-3/h10-12,14H,5-9,13H2,1-4H3,(H2,19,20,21). The second-order valence-electron chi connectivity index (χ2n) is 5.90. The third-order valence-electron chi connectivity index (χ3n) is 4.14. The molecule has 0 amide bonds. The molecule has 1 fully saturated rings. The summed E-state index contributed by atoms with van der Waals surface area (Å²) in [6.07, 6.45) is 3.18. The van der Waals surface area contributed by atoms with Crippen molar-refractivity contribution >= 4 is 23.4 Å². The van der Waals surface area contributed by atoms with Gasteiger partial charge in [0.1, 0.15) is 11.5 Å². The van der Waals surface area contributed by atoms with Gasteiger partial charge in [-0.1, -0.05) is 0 Å². The van der Waals surface area contributed by atoms with Crippen molar-refractivity contribution in [3.05, 3.63) is 18.2 Å². The Morgan fingerprint density at radius 2 is 2.00 bits per heavy atom. The minimum atomic E-state index is 0.379. The number of nitrogens with one attached hydrogen (secondary N) is 2. The zero-order valence-electron chi connectivity index (χ0n) is 15.7. The molecule has 0 bridgehead atoms. The lowest BCUT2D eigenvalue weighted by Crippen LogP contribution is -2.44. The van der Waals surface area contributed by atoms with Crippen molar-refractivity contribution in [3.8, 4) is 11.5 Å². The number of hydrogen-bond acceptors (Lipinski definition) is 5. The van der Waals surface area contributed by atoms with Crippen molar-refractivity contribution in [3.63, 3.8) is 0 Å². The van der Waals surface area contributed by atoms with Crippen LogP contribution in [0.1, 0.15) is 13.3 Å². The zero-order chi connectivity index (χ0) is 18.1. The molecule has 140 valence electrons. The highest BCUT2D eigenvalue weighted by atomic mass is 32.2. The van der Waals surface area contributed by atoms with E-state index in [1.165, 1.54) is 0 Å². The van der Waals surface area contributed by atoms with Crippen molar-refractivity contribution in [1.29, 1.82) is 0 Å². The van der Waals surface area contributed by atoms with Gasteiger partial charge < -0.3 is 25.0 Å². The van der Waals surface area contributed by atoms with Gasteiger partial charge in [-0.25, -0.2) is 0 Å². The number of benzene rings is 1. The van der Waals surface area contributed by atoms with Gasteiger partial charge in [-0.05, 0) is 19.6 Å². The Hall–Kier alpha value is -1.76. The molecule has 0 aromatic heterocycles. The molecule has 1 aliphatic rings. The number of methoxy groups -OCH3 is 2. The fourth-order valence-corrected chi connectivity index (χ4v) is 3.12. The average Bonchev–Trinajstić information content (AvgIpc) is 3.10. The molecule has 0 radical (unpaired) electrons.